The zero-order valence-electron chi connectivity index (χ0n) is 15.6. The highest BCUT2D eigenvalue weighted by Crippen LogP contribution is 2.26. The van der Waals surface area contributed by atoms with E-state index in [-0.39, 0.29) is 16.5 Å². The maximum Gasteiger partial charge on any atom is 0.258 e. The normalized spacial score (nSPS) is 13.9. The Kier molecular flexibility index (Phi) is 6.11. The molecule has 28 heavy (non-hydrogen) atoms. The number of halogens is 2. The number of rotatable bonds is 4. The third-order valence-corrected chi connectivity index (χ3v) is 4.59. The summed E-state index contributed by atoms with van der Waals surface area (Å²) in [6.45, 7) is 2.94. The fourth-order valence-corrected chi connectivity index (χ4v) is 3.09. The van der Waals surface area contributed by atoms with Gasteiger partial charge in [0.25, 0.3) is 11.8 Å². The van der Waals surface area contributed by atoms with Gasteiger partial charge in [0.2, 0.25) is 0 Å². The van der Waals surface area contributed by atoms with E-state index in [9.17, 15) is 14.0 Å². The number of amides is 2. The predicted molar refractivity (Wildman–Crippen MR) is 107 cm³/mol. The molecule has 0 bridgehead atoms. The maximum absolute atomic E-state index is 14.1. The largest absolute Gasteiger partial charge is 0.352 e. The van der Waals surface area contributed by atoms with Crippen molar-refractivity contribution in [3.63, 3.8) is 0 Å². The molecule has 2 aromatic rings. The second-order valence-electron chi connectivity index (χ2n) is 6.61. The molecule has 1 aliphatic rings. The number of anilines is 2. The molecule has 0 aliphatic carbocycles. The van der Waals surface area contributed by atoms with Gasteiger partial charge in [0.05, 0.1) is 16.8 Å². The van der Waals surface area contributed by atoms with Crippen LogP contribution < -0.4 is 15.5 Å². The topological polar surface area (TPSA) is 77.6 Å². The molecule has 1 fully saturated rings. The van der Waals surface area contributed by atoms with E-state index in [1.54, 1.807) is 20.2 Å². The van der Waals surface area contributed by atoms with Crippen LogP contribution in [0.5, 0.6) is 0 Å². The van der Waals surface area contributed by atoms with E-state index in [2.05, 4.69) is 15.6 Å². The minimum Gasteiger partial charge on any atom is -0.352 e. The summed E-state index contributed by atoms with van der Waals surface area (Å²) in [5.74, 6) is -1.05. The van der Waals surface area contributed by atoms with E-state index in [0.717, 1.165) is 19.2 Å². The summed E-state index contributed by atoms with van der Waals surface area (Å²) >= 11 is 5.89. The Labute approximate surface area is 167 Å². The standard InChI is InChI=1S/C19H21ClFN5O2/c1-25(2)19(28)12-9-16(17(23-11-12)26-7-5-22-6-8-26)24-18(27)14-10-13(20)3-4-15(14)21/h3-4,9-11,22H,5-8H2,1-2H3,(H,24,27). The summed E-state index contributed by atoms with van der Waals surface area (Å²) in [5.41, 5.74) is 0.493. The molecule has 2 N–H and O–H groups in total. The average molecular weight is 406 g/mol. The highest BCUT2D eigenvalue weighted by Gasteiger charge is 2.21. The second kappa shape index (κ2) is 8.53. The van der Waals surface area contributed by atoms with Crippen LogP contribution in [0.25, 0.3) is 0 Å². The lowest BCUT2D eigenvalue weighted by atomic mass is 10.1. The molecule has 0 spiro atoms. The van der Waals surface area contributed by atoms with E-state index in [1.165, 1.54) is 23.2 Å². The van der Waals surface area contributed by atoms with Crippen LogP contribution in [0.2, 0.25) is 5.02 Å². The molecule has 1 aliphatic heterocycles. The summed E-state index contributed by atoms with van der Waals surface area (Å²) in [5, 5.41) is 6.19. The number of carbonyl (C=O) groups excluding carboxylic acids is 2. The summed E-state index contributed by atoms with van der Waals surface area (Å²) < 4.78 is 14.1. The Bertz CT molecular complexity index is 900. The second-order valence-corrected chi connectivity index (χ2v) is 7.05. The van der Waals surface area contributed by atoms with Crippen molar-refractivity contribution in [1.82, 2.24) is 15.2 Å². The van der Waals surface area contributed by atoms with Crippen LogP contribution in [-0.4, -0.2) is 62.0 Å². The lowest BCUT2D eigenvalue weighted by Gasteiger charge is -2.30. The van der Waals surface area contributed by atoms with Crippen LogP contribution in [0.3, 0.4) is 0 Å². The first-order valence-electron chi connectivity index (χ1n) is 8.80. The van der Waals surface area contributed by atoms with E-state index in [1.807, 2.05) is 4.90 Å². The first-order chi connectivity index (χ1) is 13.4. The van der Waals surface area contributed by atoms with Crippen molar-refractivity contribution in [3.05, 3.63) is 52.4 Å². The zero-order valence-corrected chi connectivity index (χ0v) is 16.4. The van der Waals surface area contributed by atoms with Gasteiger partial charge in [-0.3, -0.25) is 9.59 Å². The van der Waals surface area contributed by atoms with Gasteiger partial charge in [0, 0.05) is 51.5 Å². The van der Waals surface area contributed by atoms with E-state index in [0.29, 0.717) is 30.2 Å². The SMILES string of the molecule is CN(C)C(=O)c1cnc(N2CCNCC2)c(NC(=O)c2cc(Cl)ccc2F)c1. The van der Waals surface area contributed by atoms with Gasteiger partial charge >= 0.3 is 0 Å². The lowest BCUT2D eigenvalue weighted by molar-refractivity contribution is 0.0826. The predicted octanol–water partition coefficient (Wildman–Crippen LogP) is 2.24. The van der Waals surface area contributed by atoms with Crippen molar-refractivity contribution in [2.75, 3.05) is 50.5 Å². The Morgan fingerprint density at radius 1 is 1.25 bits per heavy atom. The number of nitrogens with zero attached hydrogens (tertiary/aromatic N) is 3. The number of nitrogens with one attached hydrogen (secondary N) is 2. The van der Waals surface area contributed by atoms with Crippen LogP contribution in [0, 0.1) is 5.82 Å². The summed E-state index contributed by atoms with van der Waals surface area (Å²) in [6, 6.07) is 5.34. The molecular weight excluding hydrogens is 385 g/mol. The number of hydrogen-bond acceptors (Lipinski definition) is 5. The van der Waals surface area contributed by atoms with E-state index < -0.39 is 11.7 Å². The van der Waals surface area contributed by atoms with Gasteiger partial charge in [-0.15, -0.1) is 0 Å². The molecule has 3 rings (SSSR count). The summed E-state index contributed by atoms with van der Waals surface area (Å²) in [4.78, 5) is 32.8. The van der Waals surface area contributed by atoms with Gasteiger partial charge in [0.15, 0.2) is 5.82 Å². The van der Waals surface area contributed by atoms with Gasteiger partial charge in [-0.05, 0) is 24.3 Å². The third kappa shape index (κ3) is 4.40. The molecule has 0 saturated carbocycles. The monoisotopic (exact) mass is 405 g/mol. The smallest absolute Gasteiger partial charge is 0.258 e. The molecule has 7 nitrogen and oxygen atoms in total. The molecule has 0 radical (unpaired) electrons. The van der Waals surface area contributed by atoms with Crippen LogP contribution >= 0.6 is 11.6 Å². The summed E-state index contributed by atoms with van der Waals surface area (Å²) in [7, 11) is 3.26. The Hall–Kier alpha value is -2.71. The van der Waals surface area contributed by atoms with Gasteiger partial charge in [-0.1, -0.05) is 11.6 Å². The Balaban J connectivity index is 1.97. The molecule has 2 amide bonds. The fraction of sp³-hybridized carbons (Fsp3) is 0.316. The molecule has 148 valence electrons. The highest BCUT2D eigenvalue weighted by atomic mass is 35.5. The number of benzene rings is 1. The van der Waals surface area contributed by atoms with Crippen molar-refractivity contribution in [2.45, 2.75) is 0 Å². The van der Waals surface area contributed by atoms with Crippen LogP contribution in [0.15, 0.2) is 30.5 Å². The quantitative estimate of drug-likeness (QED) is 0.815. The first kappa shape index (κ1) is 20.0. The third-order valence-electron chi connectivity index (χ3n) is 4.36. The van der Waals surface area contributed by atoms with Crippen molar-refractivity contribution < 1.29 is 14.0 Å². The van der Waals surface area contributed by atoms with Crippen molar-refractivity contribution >= 4 is 34.9 Å². The molecule has 9 heteroatoms. The van der Waals surface area contributed by atoms with Gasteiger partial charge in [-0.25, -0.2) is 9.37 Å². The van der Waals surface area contributed by atoms with Crippen LogP contribution in [0.4, 0.5) is 15.9 Å². The Morgan fingerprint density at radius 3 is 2.64 bits per heavy atom. The number of carbonyl (C=O) groups is 2. The summed E-state index contributed by atoms with van der Waals surface area (Å²) in [6.07, 6.45) is 1.48. The number of hydrogen-bond donors (Lipinski definition) is 2. The van der Waals surface area contributed by atoms with Crippen molar-refractivity contribution in [2.24, 2.45) is 0 Å². The highest BCUT2D eigenvalue weighted by molar-refractivity contribution is 6.31. The van der Waals surface area contributed by atoms with Crippen molar-refractivity contribution in [3.8, 4) is 0 Å². The molecule has 1 aromatic carbocycles. The minimum absolute atomic E-state index is 0.178. The zero-order chi connectivity index (χ0) is 20.3. The molecule has 1 aromatic heterocycles. The minimum atomic E-state index is -0.681. The molecule has 0 atom stereocenters. The molecule has 0 unspecified atom stereocenters. The van der Waals surface area contributed by atoms with Gasteiger partial charge < -0.3 is 20.4 Å². The van der Waals surface area contributed by atoms with Crippen LogP contribution in [-0.2, 0) is 0 Å². The Morgan fingerprint density at radius 2 is 1.96 bits per heavy atom. The fourth-order valence-electron chi connectivity index (χ4n) is 2.91. The van der Waals surface area contributed by atoms with Gasteiger partial charge in [-0.2, -0.15) is 0 Å². The molecular formula is C19H21ClFN5O2. The van der Waals surface area contributed by atoms with E-state index >= 15 is 0 Å². The van der Waals surface area contributed by atoms with Crippen LogP contribution in [0.1, 0.15) is 20.7 Å². The number of pyridine rings is 1. The average Bonchev–Trinajstić information content (AvgIpc) is 2.69. The van der Waals surface area contributed by atoms with E-state index in [4.69, 9.17) is 11.6 Å². The van der Waals surface area contributed by atoms with Crippen molar-refractivity contribution in [1.29, 1.82) is 0 Å². The maximum atomic E-state index is 14.1. The first-order valence-corrected chi connectivity index (χ1v) is 9.18. The van der Waals surface area contributed by atoms with Gasteiger partial charge in [0.1, 0.15) is 5.82 Å². The molecule has 1 saturated heterocycles. The number of aromatic nitrogens is 1. The number of piperazine rings is 1. The molecule has 2 heterocycles. The lowest BCUT2D eigenvalue weighted by Crippen LogP contribution is -2.44.